The number of nitrogens with one attached hydrogen (secondary N) is 2. The lowest BCUT2D eigenvalue weighted by atomic mass is 9.87. The molecular weight excluding hydrogens is 450 g/mol. The average Bonchev–Trinajstić information content (AvgIpc) is 3.06. The minimum absolute atomic E-state index is 0.344. The molecule has 0 aliphatic carbocycles. The summed E-state index contributed by atoms with van der Waals surface area (Å²) in [7, 11) is 1.59. The average molecular weight is 474 g/mol. The summed E-state index contributed by atoms with van der Waals surface area (Å²) in [5.74, 6) is -0.519. The van der Waals surface area contributed by atoms with E-state index < -0.39 is 17.4 Å². The maximum atomic E-state index is 14.0. The highest BCUT2D eigenvalue weighted by atomic mass is 16.5. The molecule has 2 aliphatic rings. The van der Waals surface area contributed by atoms with Crippen LogP contribution in [0.25, 0.3) is 5.70 Å². The molecule has 6 nitrogen and oxygen atoms in total. The monoisotopic (exact) mass is 473 g/mol. The van der Waals surface area contributed by atoms with Gasteiger partial charge in [-0.05, 0) is 42.0 Å². The van der Waals surface area contributed by atoms with Gasteiger partial charge in [-0.15, -0.1) is 0 Å². The van der Waals surface area contributed by atoms with Gasteiger partial charge in [0.1, 0.15) is 5.75 Å². The molecule has 2 heterocycles. The fraction of sp³-hybridized carbons (Fsp3) is 0.0667. The summed E-state index contributed by atoms with van der Waals surface area (Å²) in [6.07, 6.45) is 0. The summed E-state index contributed by atoms with van der Waals surface area (Å²) in [6, 6.07) is 34.2. The molecular formula is C30H23N3O3. The number of anilines is 3. The highest BCUT2D eigenvalue weighted by Crippen LogP contribution is 2.51. The maximum absolute atomic E-state index is 14.0. The molecule has 4 aromatic rings. The van der Waals surface area contributed by atoms with Crippen LogP contribution in [0.2, 0.25) is 0 Å². The van der Waals surface area contributed by atoms with Crippen LogP contribution in [0.1, 0.15) is 11.1 Å². The normalized spacial score (nSPS) is 18.6. The van der Waals surface area contributed by atoms with Crippen LogP contribution in [0.3, 0.4) is 0 Å². The number of ketones is 1. The Balaban J connectivity index is 1.72. The molecule has 1 fully saturated rings. The highest BCUT2D eigenvalue weighted by Gasteiger charge is 2.59. The topological polar surface area (TPSA) is 70.7 Å². The summed E-state index contributed by atoms with van der Waals surface area (Å²) in [5, 5.41) is 7.10. The number of amides is 1. The number of carbonyl (C=O) groups excluding carboxylic acids is 2. The van der Waals surface area contributed by atoms with Gasteiger partial charge in [-0.25, -0.2) is 0 Å². The molecule has 2 N–H and O–H groups in total. The molecule has 1 amide bonds. The Labute approximate surface area is 208 Å². The van der Waals surface area contributed by atoms with E-state index in [1.54, 1.807) is 36.3 Å². The van der Waals surface area contributed by atoms with E-state index in [1.807, 2.05) is 84.9 Å². The lowest BCUT2D eigenvalue weighted by Gasteiger charge is -2.40. The van der Waals surface area contributed by atoms with Gasteiger partial charge in [0.05, 0.1) is 29.8 Å². The van der Waals surface area contributed by atoms with Crippen LogP contribution >= 0.6 is 0 Å². The maximum Gasteiger partial charge on any atom is 0.301 e. The molecule has 6 rings (SSSR count). The number of Topliss-reactive ketones (excluding diaryl/α,β-unsaturated/α-hetero) is 1. The van der Waals surface area contributed by atoms with Crippen LogP contribution in [-0.4, -0.2) is 18.8 Å². The van der Waals surface area contributed by atoms with Gasteiger partial charge in [0, 0.05) is 11.3 Å². The van der Waals surface area contributed by atoms with E-state index in [0.29, 0.717) is 22.7 Å². The first-order valence-electron chi connectivity index (χ1n) is 11.7. The highest BCUT2D eigenvalue weighted by molar-refractivity contribution is 6.53. The minimum Gasteiger partial charge on any atom is -0.497 e. The summed E-state index contributed by atoms with van der Waals surface area (Å²) < 4.78 is 5.33. The lowest BCUT2D eigenvalue weighted by molar-refractivity contribution is -0.132. The van der Waals surface area contributed by atoms with Gasteiger partial charge in [0.2, 0.25) is 0 Å². The molecule has 1 atom stereocenters. The molecule has 0 aromatic heterocycles. The van der Waals surface area contributed by atoms with Crippen LogP contribution in [0.4, 0.5) is 17.1 Å². The molecule has 0 radical (unpaired) electrons. The molecule has 6 heteroatoms. The minimum atomic E-state index is -1.30. The largest absolute Gasteiger partial charge is 0.497 e. The van der Waals surface area contributed by atoms with Gasteiger partial charge in [0.15, 0.2) is 5.66 Å². The first kappa shape index (κ1) is 21.7. The fourth-order valence-corrected chi connectivity index (χ4v) is 5.03. The molecule has 2 aliphatic heterocycles. The third-order valence-electron chi connectivity index (χ3n) is 6.66. The van der Waals surface area contributed by atoms with Crippen molar-refractivity contribution >= 4 is 34.4 Å². The van der Waals surface area contributed by atoms with Gasteiger partial charge in [-0.3, -0.25) is 14.5 Å². The van der Waals surface area contributed by atoms with Crippen molar-refractivity contribution in [3.8, 4) is 5.75 Å². The second kappa shape index (κ2) is 8.43. The fourth-order valence-electron chi connectivity index (χ4n) is 5.03. The van der Waals surface area contributed by atoms with Gasteiger partial charge < -0.3 is 15.4 Å². The van der Waals surface area contributed by atoms with Gasteiger partial charge >= 0.3 is 5.91 Å². The zero-order chi connectivity index (χ0) is 24.7. The molecule has 36 heavy (non-hydrogen) atoms. The molecule has 0 unspecified atom stereocenters. The first-order chi connectivity index (χ1) is 17.6. The second-order valence-corrected chi connectivity index (χ2v) is 8.66. The number of hydrogen-bond donors (Lipinski definition) is 2. The molecule has 0 bridgehead atoms. The number of rotatable bonds is 4. The third-order valence-corrected chi connectivity index (χ3v) is 6.66. The molecule has 176 valence electrons. The number of methoxy groups -OCH3 is 1. The lowest BCUT2D eigenvalue weighted by Crippen LogP contribution is -2.50. The summed E-state index contributed by atoms with van der Waals surface area (Å²) in [5.41, 5.74) is 3.37. The molecule has 4 aromatic carbocycles. The van der Waals surface area contributed by atoms with Gasteiger partial charge in [0.25, 0.3) is 5.78 Å². The number of benzene rings is 4. The Morgan fingerprint density at radius 2 is 1.33 bits per heavy atom. The Kier molecular flexibility index (Phi) is 5.08. The quantitative estimate of drug-likeness (QED) is 0.388. The van der Waals surface area contributed by atoms with E-state index in [1.165, 1.54) is 0 Å². The van der Waals surface area contributed by atoms with E-state index in [9.17, 15) is 9.59 Å². The van der Waals surface area contributed by atoms with Crippen molar-refractivity contribution in [3.05, 3.63) is 126 Å². The number of para-hydroxylation sites is 2. The molecule has 0 saturated carbocycles. The zero-order valence-electron chi connectivity index (χ0n) is 19.6. The van der Waals surface area contributed by atoms with Crippen LogP contribution < -0.4 is 20.3 Å². The zero-order valence-corrected chi connectivity index (χ0v) is 19.6. The van der Waals surface area contributed by atoms with Crippen LogP contribution in [0, 0.1) is 0 Å². The van der Waals surface area contributed by atoms with Gasteiger partial charge in [-0.2, -0.15) is 0 Å². The van der Waals surface area contributed by atoms with Crippen molar-refractivity contribution in [2.45, 2.75) is 5.66 Å². The number of nitrogens with zero attached hydrogens (tertiary/aromatic N) is 1. The molecule has 1 saturated heterocycles. The second-order valence-electron chi connectivity index (χ2n) is 8.66. The molecule has 0 spiro atoms. The predicted octanol–water partition coefficient (Wildman–Crippen LogP) is 5.41. The van der Waals surface area contributed by atoms with Gasteiger partial charge in [-0.1, -0.05) is 72.8 Å². The van der Waals surface area contributed by atoms with Crippen molar-refractivity contribution < 1.29 is 14.3 Å². The van der Waals surface area contributed by atoms with E-state index in [4.69, 9.17) is 4.74 Å². The Bertz CT molecular complexity index is 1500. The van der Waals surface area contributed by atoms with Crippen molar-refractivity contribution in [2.75, 3.05) is 22.6 Å². The summed E-state index contributed by atoms with van der Waals surface area (Å²) >= 11 is 0. The Morgan fingerprint density at radius 1 is 0.722 bits per heavy atom. The van der Waals surface area contributed by atoms with Crippen LogP contribution in [0.5, 0.6) is 5.75 Å². The van der Waals surface area contributed by atoms with Crippen molar-refractivity contribution in [2.24, 2.45) is 0 Å². The Hall–Kier alpha value is -4.84. The van der Waals surface area contributed by atoms with Crippen LogP contribution in [-0.2, 0) is 15.3 Å². The summed E-state index contributed by atoms with van der Waals surface area (Å²) in [6.45, 7) is 0. The van der Waals surface area contributed by atoms with Crippen molar-refractivity contribution in [1.82, 2.24) is 0 Å². The number of fused-ring (bicyclic) bond motifs is 2. The van der Waals surface area contributed by atoms with E-state index in [-0.39, 0.29) is 0 Å². The first-order valence-corrected chi connectivity index (χ1v) is 11.7. The number of carbonyl (C=O) groups is 2. The summed E-state index contributed by atoms with van der Waals surface area (Å²) in [4.78, 5) is 29.4. The van der Waals surface area contributed by atoms with E-state index in [0.717, 1.165) is 22.5 Å². The SMILES string of the molecule is COc1ccc(N2C(=O)C(=O)C3=C(c4ccccc4)Nc4ccccc4N[C@]32c2ccccc2)cc1. The Morgan fingerprint density at radius 3 is 2.00 bits per heavy atom. The number of hydrogen-bond acceptors (Lipinski definition) is 5. The standard InChI is InChI=1S/C30H23N3O3/c1-36-23-18-16-22(17-19-23)33-29(35)28(34)26-27(20-10-4-2-5-11-20)31-24-14-8-9-15-25(24)32-30(26,33)21-12-6-3-7-13-21/h2-19,31-32H,1H3/t30-/m0/s1. The van der Waals surface area contributed by atoms with Crippen LogP contribution in [0.15, 0.2) is 115 Å². The third kappa shape index (κ3) is 3.19. The number of ether oxygens (including phenoxy) is 1. The smallest absolute Gasteiger partial charge is 0.301 e. The van der Waals surface area contributed by atoms with Crippen molar-refractivity contribution in [1.29, 1.82) is 0 Å². The van der Waals surface area contributed by atoms with E-state index >= 15 is 0 Å². The van der Waals surface area contributed by atoms with Crippen molar-refractivity contribution in [3.63, 3.8) is 0 Å². The van der Waals surface area contributed by atoms with E-state index in [2.05, 4.69) is 10.6 Å². The predicted molar refractivity (Wildman–Crippen MR) is 141 cm³/mol.